The Labute approximate surface area is 226 Å². The standard InChI is InChI=1S/C28H24F2N4O4S/c1-2-33-21-14-37-15-22(21)34-12-19(27-32-31-23(39-27)10-17-8-9-18(29)11-20(17)30)25(35)26(24(34)28(33)36)38-13-16-6-4-3-5-7-16/h3-9,11-12,21-22H,2,10,13-15H2,1H3/t21-,22?/m1/s1. The van der Waals surface area contributed by atoms with Crippen molar-refractivity contribution in [3.8, 4) is 16.3 Å². The van der Waals surface area contributed by atoms with Crippen molar-refractivity contribution in [2.45, 2.75) is 32.0 Å². The van der Waals surface area contributed by atoms with Crippen molar-refractivity contribution in [3.05, 3.63) is 98.4 Å². The second-order valence-electron chi connectivity index (χ2n) is 9.41. The number of halogens is 2. The summed E-state index contributed by atoms with van der Waals surface area (Å²) in [5, 5.41) is 9.14. The molecule has 0 N–H and O–H groups in total. The highest BCUT2D eigenvalue weighted by molar-refractivity contribution is 7.14. The highest BCUT2D eigenvalue weighted by atomic mass is 32.1. The van der Waals surface area contributed by atoms with Gasteiger partial charge in [-0.2, -0.15) is 0 Å². The summed E-state index contributed by atoms with van der Waals surface area (Å²) >= 11 is 1.13. The van der Waals surface area contributed by atoms with E-state index in [0.29, 0.717) is 29.8 Å². The second-order valence-corrected chi connectivity index (χ2v) is 10.5. The van der Waals surface area contributed by atoms with E-state index in [-0.39, 0.29) is 53.6 Å². The zero-order valence-electron chi connectivity index (χ0n) is 21.0. The van der Waals surface area contributed by atoms with Crippen LogP contribution in [0.5, 0.6) is 5.75 Å². The minimum absolute atomic E-state index is 0.0496. The minimum atomic E-state index is -0.677. The Balaban J connectivity index is 1.43. The fourth-order valence-electron chi connectivity index (χ4n) is 5.12. The Morgan fingerprint density at radius 2 is 1.87 bits per heavy atom. The fourth-order valence-corrected chi connectivity index (χ4v) is 5.99. The molecule has 0 spiro atoms. The predicted octanol–water partition coefficient (Wildman–Crippen LogP) is 4.23. The van der Waals surface area contributed by atoms with E-state index >= 15 is 0 Å². The van der Waals surface area contributed by atoms with Crippen LogP contribution >= 0.6 is 11.3 Å². The van der Waals surface area contributed by atoms with E-state index < -0.39 is 17.1 Å². The number of nitrogens with zero attached hydrogens (tertiary/aromatic N) is 4. The molecule has 0 aliphatic carbocycles. The number of benzene rings is 2. The highest BCUT2D eigenvalue weighted by Crippen LogP contribution is 2.37. The van der Waals surface area contributed by atoms with Crippen LogP contribution in [0.2, 0.25) is 0 Å². The van der Waals surface area contributed by atoms with Gasteiger partial charge >= 0.3 is 0 Å². The van der Waals surface area contributed by atoms with Gasteiger partial charge in [0.2, 0.25) is 5.43 Å². The third-order valence-corrected chi connectivity index (χ3v) is 8.01. The van der Waals surface area contributed by atoms with Crippen LogP contribution in [0, 0.1) is 11.6 Å². The molecule has 0 radical (unpaired) electrons. The van der Waals surface area contributed by atoms with Crippen molar-refractivity contribution in [1.82, 2.24) is 19.7 Å². The van der Waals surface area contributed by atoms with Crippen molar-refractivity contribution in [2.75, 3.05) is 19.8 Å². The van der Waals surface area contributed by atoms with Gasteiger partial charge in [0.25, 0.3) is 5.91 Å². The fraction of sp³-hybridized carbons (Fsp3) is 0.286. The average molecular weight is 551 g/mol. The first-order valence-electron chi connectivity index (χ1n) is 12.6. The van der Waals surface area contributed by atoms with Crippen molar-refractivity contribution in [3.63, 3.8) is 0 Å². The van der Waals surface area contributed by atoms with E-state index in [0.717, 1.165) is 23.0 Å². The third kappa shape index (κ3) is 4.61. The molecule has 2 aromatic carbocycles. The summed E-state index contributed by atoms with van der Waals surface area (Å²) in [6.45, 7) is 3.25. The van der Waals surface area contributed by atoms with E-state index in [4.69, 9.17) is 9.47 Å². The molecule has 4 aromatic rings. The molecule has 1 saturated heterocycles. The first-order chi connectivity index (χ1) is 18.9. The summed E-state index contributed by atoms with van der Waals surface area (Å²) in [4.78, 5) is 29.2. The van der Waals surface area contributed by atoms with Gasteiger partial charge in [-0.3, -0.25) is 9.59 Å². The molecular formula is C28H24F2N4O4S. The summed E-state index contributed by atoms with van der Waals surface area (Å²) in [6.07, 6.45) is 1.73. The molecule has 11 heteroatoms. The molecule has 2 aliphatic heterocycles. The van der Waals surface area contributed by atoms with Gasteiger partial charge in [0.05, 0.1) is 30.9 Å². The van der Waals surface area contributed by atoms with Gasteiger partial charge in [-0.25, -0.2) is 8.78 Å². The third-order valence-electron chi connectivity index (χ3n) is 7.06. The molecule has 1 fully saturated rings. The minimum Gasteiger partial charge on any atom is -0.483 e. The number of rotatable bonds is 7. The van der Waals surface area contributed by atoms with Crippen LogP contribution in [0.4, 0.5) is 8.78 Å². The summed E-state index contributed by atoms with van der Waals surface area (Å²) < 4.78 is 41.1. The zero-order valence-corrected chi connectivity index (χ0v) is 21.8. The maximum absolute atomic E-state index is 14.2. The van der Waals surface area contributed by atoms with E-state index in [1.165, 1.54) is 12.1 Å². The lowest BCUT2D eigenvalue weighted by Gasteiger charge is -2.39. The molecule has 6 rings (SSSR count). The normalized spacial score (nSPS) is 18.2. The van der Waals surface area contributed by atoms with Crippen LogP contribution in [0.3, 0.4) is 0 Å². The Kier molecular flexibility index (Phi) is 6.69. The quantitative estimate of drug-likeness (QED) is 0.342. The molecule has 0 bridgehead atoms. The van der Waals surface area contributed by atoms with Gasteiger partial charge in [0.15, 0.2) is 16.5 Å². The van der Waals surface area contributed by atoms with Crippen LogP contribution in [0.15, 0.2) is 59.5 Å². The number of likely N-dealkylation sites (N-methyl/N-ethyl adjacent to an activating group) is 1. The average Bonchev–Trinajstić information content (AvgIpc) is 3.61. The molecule has 200 valence electrons. The lowest BCUT2D eigenvalue weighted by molar-refractivity contribution is 0.0568. The molecule has 1 unspecified atom stereocenters. The van der Waals surface area contributed by atoms with Crippen LogP contribution in [-0.4, -0.2) is 51.4 Å². The highest BCUT2D eigenvalue weighted by Gasteiger charge is 2.44. The van der Waals surface area contributed by atoms with Crippen LogP contribution in [0.1, 0.15) is 39.6 Å². The van der Waals surface area contributed by atoms with Crippen LogP contribution in [-0.2, 0) is 17.8 Å². The Hall–Kier alpha value is -3.96. The Morgan fingerprint density at radius 1 is 1.08 bits per heavy atom. The van der Waals surface area contributed by atoms with Crippen molar-refractivity contribution < 1.29 is 23.0 Å². The molecule has 2 aromatic heterocycles. The van der Waals surface area contributed by atoms with Gasteiger partial charge in [-0.05, 0) is 24.1 Å². The molecule has 4 heterocycles. The van der Waals surface area contributed by atoms with Gasteiger partial charge in [-0.15, -0.1) is 10.2 Å². The molecule has 39 heavy (non-hydrogen) atoms. The van der Waals surface area contributed by atoms with Crippen LogP contribution < -0.4 is 10.2 Å². The molecular weight excluding hydrogens is 526 g/mol. The number of amides is 1. The SMILES string of the molecule is CCN1C(=O)c2c(OCc3ccccc3)c(=O)c(-c3nnc(Cc4ccc(F)cc4F)s3)cn2C2COC[C@H]21. The number of carbonyl (C=O) groups is 1. The molecule has 0 saturated carbocycles. The lowest BCUT2D eigenvalue weighted by atomic mass is 10.0. The van der Waals surface area contributed by atoms with E-state index in [9.17, 15) is 18.4 Å². The van der Waals surface area contributed by atoms with Gasteiger partial charge < -0.3 is 18.9 Å². The Morgan fingerprint density at radius 3 is 2.64 bits per heavy atom. The van der Waals surface area contributed by atoms with E-state index in [1.807, 2.05) is 37.3 Å². The maximum Gasteiger partial charge on any atom is 0.274 e. The van der Waals surface area contributed by atoms with Gasteiger partial charge in [-0.1, -0.05) is 47.7 Å². The summed E-state index contributed by atoms with van der Waals surface area (Å²) in [5.74, 6) is -1.68. The summed E-state index contributed by atoms with van der Waals surface area (Å²) in [6, 6.07) is 12.4. The first-order valence-corrected chi connectivity index (χ1v) is 13.4. The molecule has 2 aliphatic rings. The topological polar surface area (TPSA) is 86.5 Å². The number of fused-ring (bicyclic) bond motifs is 3. The number of pyridine rings is 1. The first kappa shape index (κ1) is 25.3. The van der Waals surface area contributed by atoms with E-state index in [2.05, 4.69) is 10.2 Å². The van der Waals surface area contributed by atoms with Gasteiger partial charge in [0, 0.05) is 25.2 Å². The number of hydrogen-bond donors (Lipinski definition) is 0. The number of aromatic nitrogens is 3. The number of ether oxygens (including phenoxy) is 2. The largest absolute Gasteiger partial charge is 0.483 e. The predicted molar refractivity (Wildman–Crippen MR) is 140 cm³/mol. The smallest absolute Gasteiger partial charge is 0.274 e. The number of hydrogen-bond acceptors (Lipinski definition) is 7. The Bertz CT molecular complexity index is 1610. The molecule has 2 atom stereocenters. The van der Waals surface area contributed by atoms with Crippen LogP contribution in [0.25, 0.3) is 10.6 Å². The second kappa shape index (κ2) is 10.3. The maximum atomic E-state index is 14.2. The zero-order chi connectivity index (χ0) is 27.1. The van der Waals surface area contributed by atoms with Crippen molar-refractivity contribution >= 4 is 17.2 Å². The molecule has 8 nitrogen and oxygen atoms in total. The van der Waals surface area contributed by atoms with Gasteiger partial charge in [0.1, 0.15) is 23.2 Å². The summed E-state index contributed by atoms with van der Waals surface area (Å²) in [7, 11) is 0. The number of carbonyl (C=O) groups excluding carboxylic acids is 1. The monoisotopic (exact) mass is 550 g/mol. The van der Waals surface area contributed by atoms with Crippen molar-refractivity contribution in [2.24, 2.45) is 0 Å². The van der Waals surface area contributed by atoms with E-state index in [1.54, 1.807) is 15.7 Å². The van der Waals surface area contributed by atoms with Crippen molar-refractivity contribution in [1.29, 1.82) is 0 Å². The molecule has 1 amide bonds. The summed E-state index contributed by atoms with van der Waals surface area (Å²) in [5.41, 5.74) is 1.05. The lowest BCUT2D eigenvalue weighted by Crippen LogP contribution is -2.51.